The minimum absolute atomic E-state index is 0.0258. The number of thiol groups is 1. The van der Waals surface area contributed by atoms with Crippen LogP contribution in [0.1, 0.15) is 0 Å². The molecule has 9 nitrogen and oxygen atoms in total. The van der Waals surface area contributed by atoms with Gasteiger partial charge in [-0.05, 0) is 0 Å². The number of nitrogens with two attached hydrogens (primary N) is 1. The molecule has 0 aromatic heterocycles. The number of rotatable bonds is 7. The number of carboxylic acid groups (broad SMARTS) is 1. The van der Waals surface area contributed by atoms with Gasteiger partial charge in [-0.1, -0.05) is 0 Å². The molecule has 1 unspecified atom stereocenters. The number of aliphatic carboxylic acids is 1. The van der Waals surface area contributed by atoms with Crippen molar-refractivity contribution in [2.24, 2.45) is 5.73 Å². The molecule has 5 atom stereocenters. The number of carboxylic acids is 1. The maximum atomic E-state index is 9.90. The van der Waals surface area contributed by atoms with E-state index in [9.17, 15) is 9.59 Å². The highest BCUT2D eigenvalue weighted by Crippen LogP contribution is 2.02. The largest absolute Gasteiger partial charge is 0.480 e. The summed E-state index contributed by atoms with van der Waals surface area (Å²) < 4.78 is 0. The van der Waals surface area contributed by atoms with Gasteiger partial charge in [0.2, 0.25) is 0 Å². The monoisotopic (exact) mass is 301 g/mol. The number of hydrogen-bond donors (Lipinski definition) is 8. The third-order valence-corrected chi connectivity index (χ3v) is 2.33. The van der Waals surface area contributed by atoms with Crippen molar-refractivity contribution in [3.8, 4) is 0 Å². The van der Waals surface area contributed by atoms with Crippen molar-refractivity contribution in [1.29, 1.82) is 0 Å². The molecule has 0 bridgehead atoms. The Bertz CT molecular complexity index is 267. The fourth-order valence-electron chi connectivity index (χ4n) is 0.696. The van der Waals surface area contributed by atoms with E-state index in [0.717, 1.165) is 0 Å². The van der Waals surface area contributed by atoms with Crippen LogP contribution in [-0.4, -0.2) is 85.7 Å². The van der Waals surface area contributed by atoms with E-state index in [1.54, 1.807) is 0 Å². The highest BCUT2D eigenvalue weighted by atomic mass is 32.1. The molecule has 0 saturated carbocycles. The minimum Gasteiger partial charge on any atom is -0.480 e. The molecule has 114 valence electrons. The van der Waals surface area contributed by atoms with E-state index in [0.29, 0.717) is 0 Å². The molecule has 0 heterocycles. The first-order chi connectivity index (χ1) is 8.72. The topological polar surface area (TPSA) is 182 Å². The van der Waals surface area contributed by atoms with E-state index in [1.165, 1.54) is 0 Å². The number of aliphatic hydroxyl groups is 5. The Balaban J connectivity index is 0. The zero-order chi connectivity index (χ0) is 15.6. The smallest absolute Gasteiger partial charge is 0.321 e. The number of aldehydes is 1. The van der Waals surface area contributed by atoms with E-state index < -0.39 is 43.0 Å². The predicted octanol–water partition coefficient (Wildman–Crippen LogP) is -4.05. The minimum atomic E-state index is -1.79. The van der Waals surface area contributed by atoms with Crippen molar-refractivity contribution < 1.29 is 40.2 Å². The molecule has 0 aliphatic heterocycles. The van der Waals surface area contributed by atoms with Gasteiger partial charge in [-0.3, -0.25) is 4.79 Å². The number of carbonyl (C=O) groups excluding carboxylic acids is 1. The molecule has 0 amide bonds. The van der Waals surface area contributed by atoms with Crippen LogP contribution in [0.5, 0.6) is 0 Å². The lowest BCUT2D eigenvalue weighted by molar-refractivity contribution is -0.138. The summed E-state index contributed by atoms with van der Waals surface area (Å²) in [6.07, 6.45) is -6.84. The van der Waals surface area contributed by atoms with Gasteiger partial charge in [-0.25, -0.2) is 0 Å². The third kappa shape index (κ3) is 8.88. The van der Waals surface area contributed by atoms with E-state index in [1.807, 2.05) is 0 Å². The van der Waals surface area contributed by atoms with Gasteiger partial charge >= 0.3 is 5.97 Å². The van der Waals surface area contributed by atoms with Crippen molar-refractivity contribution in [3.63, 3.8) is 0 Å². The van der Waals surface area contributed by atoms with Gasteiger partial charge in [0.1, 0.15) is 30.5 Å². The van der Waals surface area contributed by atoms with Gasteiger partial charge in [0, 0.05) is 5.75 Å². The molecule has 0 saturated heterocycles. The van der Waals surface area contributed by atoms with Crippen LogP contribution in [0, 0.1) is 0 Å². The fourth-order valence-corrected chi connectivity index (χ4v) is 0.852. The van der Waals surface area contributed by atoms with Crippen LogP contribution in [0.15, 0.2) is 0 Å². The first-order valence-corrected chi connectivity index (χ1v) is 5.73. The number of aliphatic hydroxyl groups excluding tert-OH is 5. The molecular formula is C9H19NO8S. The van der Waals surface area contributed by atoms with Crippen LogP contribution in [0.4, 0.5) is 0 Å². The van der Waals surface area contributed by atoms with Gasteiger partial charge in [0.05, 0.1) is 6.61 Å². The lowest BCUT2D eigenvalue weighted by Gasteiger charge is -2.22. The molecule has 0 spiro atoms. The summed E-state index contributed by atoms with van der Waals surface area (Å²) in [4.78, 5) is 19.7. The Morgan fingerprint density at radius 2 is 1.68 bits per heavy atom. The molecule has 8 N–H and O–H groups in total. The van der Waals surface area contributed by atoms with E-state index in [2.05, 4.69) is 12.6 Å². The second-order valence-corrected chi connectivity index (χ2v) is 3.85. The van der Waals surface area contributed by atoms with Crippen LogP contribution in [0.3, 0.4) is 0 Å². The first kappa shape index (κ1) is 20.6. The fraction of sp³-hybridized carbons (Fsp3) is 0.778. The number of hydrogen-bond acceptors (Lipinski definition) is 9. The lowest BCUT2D eigenvalue weighted by atomic mass is 10.0. The Hall–Kier alpha value is -0.750. The van der Waals surface area contributed by atoms with Crippen LogP contribution >= 0.6 is 12.6 Å². The SMILES string of the molecule is NC(CS)C(=O)O.O=C[C@H](O)[C@@H](O)[C@H](O)[C@H](O)CO. The van der Waals surface area contributed by atoms with Crippen molar-refractivity contribution in [2.45, 2.75) is 30.5 Å². The van der Waals surface area contributed by atoms with Gasteiger partial charge in [-0.15, -0.1) is 0 Å². The Labute approximate surface area is 114 Å². The highest BCUT2D eigenvalue weighted by Gasteiger charge is 2.29. The summed E-state index contributed by atoms with van der Waals surface area (Å²) in [5.74, 6) is -0.815. The van der Waals surface area contributed by atoms with Crippen LogP contribution < -0.4 is 5.73 Å². The standard InChI is InChI=1S/C6H12O6.C3H7NO2S/c7-1-3(9)5(11)6(12)4(10)2-8;4-2(1-7)3(5)6/h1,3-6,8-12H,2H2;2,7H,1,4H2,(H,5,6)/t3-,4+,5+,6+;/m0./s1. The molecule has 0 fully saturated rings. The van der Waals surface area contributed by atoms with Crippen molar-refractivity contribution in [1.82, 2.24) is 0 Å². The highest BCUT2D eigenvalue weighted by molar-refractivity contribution is 7.80. The van der Waals surface area contributed by atoms with Crippen molar-refractivity contribution in [2.75, 3.05) is 12.4 Å². The van der Waals surface area contributed by atoms with E-state index in [4.69, 9.17) is 36.4 Å². The van der Waals surface area contributed by atoms with Crippen LogP contribution in [-0.2, 0) is 9.59 Å². The Kier molecular flexibility index (Phi) is 12.0. The molecular weight excluding hydrogens is 282 g/mol. The summed E-state index contributed by atoms with van der Waals surface area (Å²) in [6.45, 7) is -0.760. The average molecular weight is 301 g/mol. The predicted molar refractivity (Wildman–Crippen MR) is 66.6 cm³/mol. The van der Waals surface area contributed by atoms with Gasteiger partial charge in [0.15, 0.2) is 6.29 Å². The summed E-state index contributed by atoms with van der Waals surface area (Å²) in [5.41, 5.74) is 4.94. The first-order valence-electron chi connectivity index (χ1n) is 5.10. The van der Waals surface area contributed by atoms with Crippen molar-refractivity contribution >= 4 is 24.9 Å². The van der Waals surface area contributed by atoms with Crippen LogP contribution in [0.25, 0.3) is 0 Å². The van der Waals surface area contributed by atoms with Gasteiger partial charge < -0.3 is 41.2 Å². The maximum Gasteiger partial charge on any atom is 0.321 e. The molecule has 10 heteroatoms. The summed E-state index contributed by atoms with van der Waals surface area (Å²) in [7, 11) is 0. The van der Waals surface area contributed by atoms with Gasteiger partial charge in [0.25, 0.3) is 0 Å². The third-order valence-electron chi connectivity index (χ3n) is 1.93. The van der Waals surface area contributed by atoms with Crippen molar-refractivity contribution in [3.05, 3.63) is 0 Å². The summed E-state index contributed by atoms with van der Waals surface area (Å²) in [5, 5.41) is 51.5. The quantitative estimate of drug-likeness (QED) is 0.171. The van der Waals surface area contributed by atoms with Crippen LogP contribution in [0.2, 0.25) is 0 Å². The Morgan fingerprint density at radius 3 is 1.89 bits per heavy atom. The molecule has 0 aliphatic rings. The molecule has 0 aromatic rings. The maximum absolute atomic E-state index is 9.90. The normalized spacial score (nSPS) is 18.3. The molecule has 0 rings (SSSR count). The molecule has 0 radical (unpaired) electrons. The number of carbonyl (C=O) groups is 2. The van der Waals surface area contributed by atoms with E-state index >= 15 is 0 Å². The van der Waals surface area contributed by atoms with E-state index in [-0.39, 0.29) is 12.0 Å². The molecule has 19 heavy (non-hydrogen) atoms. The second-order valence-electron chi connectivity index (χ2n) is 3.49. The zero-order valence-electron chi connectivity index (χ0n) is 9.90. The zero-order valence-corrected chi connectivity index (χ0v) is 10.8. The second kappa shape index (κ2) is 11.1. The average Bonchev–Trinajstić information content (AvgIpc) is 2.43. The molecule has 0 aliphatic carbocycles. The van der Waals surface area contributed by atoms with Gasteiger partial charge in [-0.2, -0.15) is 12.6 Å². The summed E-state index contributed by atoms with van der Waals surface area (Å²) >= 11 is 3.65. The Morgan fingerprint density at radius 1 is 1.21 bits per heavy atom. The lowest BCUT2D eigenvalue weighted by Crippen LogP contribution is -2.46. The summed E-state index contributed by atoms with van der Waals surface area (Å²) in [6, 6.07) is -0.816. The molecule has 0 aromatic carbocycles.